The van der Waals surface area contributed by atoms with Crippen LogP contribution in [0.1, 0.15) is 0 Å². The largest absolute Gasteiger partial charge is 1.00 e. The summed E-state index contributed by atoms with van der Waals surface area (Å²) in [6.45, 7) is 4.75. The van der Waals surface area contributed by atoms with Gasteiger partial charge in [0.05, 0.1) is 0 Å². The van der Waals surface area contributed by atoms with Crippen molar-refractivity contribution < 1.29 is 48.0 Å². The van der Waals surface area contributed by atoms with E-state index in [0.29, 0.717) is 0 Å². The first-order valence-corrected chi connectivity index (χ1v) is 9.70. The second kappa shape index (κ2) is 7.60. The van der Waals surface area contributed by atoms with Gasteiger partial charge in [0.25, 0.3) is 0 Å². The van der Waals surface area contributed by atoms with Crippen LogP contribution in [0.3, 0.4) is 0 Å². The smallest absolute Gasteiger partial charge is 1.00 e. The van der Waals surface area contributed by atoms with Gasteiger partial charge in [-0.2, -0.15) is 0 Å². The maximum Gasteiger partial charge on any atom is -1.00 e. The Hall–Kier alpha value is 0.310. The molecule has 0 bridgehead atoms. The molecule has 1 aliphatic carbocycles. The normalized spacial score (nSPS) is 12.4. The van der Waals surface area contributed by atoms with Crippen molar-refractivity contribution in [3.63, 3.8) is 0 Å². The minimum atomic E-state index is -0.542. The molecule has 0 fully saturated rings. The van der Waals surface area contributed by atoms with Gasteiger partial charge in [-0.1, -0.05) is 0 Å². The third-order valence-corrected chi connectivity index (χ3v) is 7.51. The van der Waals surface area contributed by atoms with Crippen LogP contribution >= 0.6 is 0 Å². The number of aromatic nitrogens is 1. The van der Waals surface area contributed by atoms with E-state index in [4.69, 9.17) is 0 Å². The summed E-state index contributed by atoms with van der Waals surface area (Å²) in [5.41, 5.74) is 0. The molecule has 5 heteroatoms. The molecular formula is C11H13Cl2NSiZr. The predicted octanol–water partition coefficient (Wildman–Crippen LogP) is -4.31. The summed E-state index contributed by atoms with van der Waals surface area (Å²) in [4.78, 5) is 3.33. The van der Waals surface area contributed by atoms with Crippen LogP contribution in [-0.2, 0) is 23.2 Å². The molecule has 0 aliphatic heterocycles. The minimum absolute atomic E-state index is 0. The van der Waals surface area contributed by atoms with Crippen LogP contribution in [0.15, 0.2) is 39.8 Å². The Kier molecular flexibility index (Phi) is 7.75. The van der Waals surface area contributed by atoms with Crippen molar-refractivity contribution in [3.8, 4) is 0 Å². The molecule has 2 rings (SSSR count). The quantitative estimate of drug-likeness (QED) is 0.520. The van der Waals surface area contributed by atoms with Crippen LogP contribution in [0.2, 0.25) is 13.1 Å². The van der Waals surface area contributed by atoms with Crippen molar-refractivity contribution in [2.24, 2.45) is 0 Å². The summed E-state index contributed by atoms with van der Waals surface area (Å²) in [6, 6.07) is 4.32. The average Bonchev–Trinajstić information content (AvgIpc) is 2.75. The maximum absolute atomic E-state index is 3.33. The number of hydrogen-bond acceptors (Lipinski definition) is 0. The van der Waals surface area contributed by atoms with E-state index in [1.807, 2.05) is 6.20 Å². The van der Waals surface area contributed by atoms with Crippen molar-refractivity contribution in [2.75, 3.05) is 0 Å². The van der Waals surface area contributed by atoms with Gasteiger partial charge < -0.3 is 24.8 Å². The zero-order valence-corrected chi connectivity index (χ0v) is 14.2. The van der Waals surface area contributed by atoms with E-state index in [0.717, 1.165) is 0 Å². The van der Waals surface area contributed by atoms with Crippen LogP contribution < -0.4 is 28.2 Å². The molecule has 0 amide bonds. The number of nitrogens with one attached hydrogen (secondary N) is 1. The van der Waals surface area contributed by atoms with Crippen LogP contribution in [0, 0.1) is 0 Å². The van der Waals surface area contributed by atoms with Gasteiger partial charge in [-0.05, 0) is 0 Å². The van der Waals surface area contributed by atoms with Gasteiger partial charge in [0.2, 0.25) is 0 Å². The summed E-state index contributed by atoms with van der Waals surface area (Å²) in [6.07, 6.45) is 8.88. The first-order chi connectivity index (χ1) is 6.77. The number of H-pyrrole nitrogens is 1. The fourth-order valence-corrected chi connectivity index (χ4v) is 7.30. The Morgan fingerprint density at radius 2 is 2.00 bits per heavy atom. The van der Waals surface area contributed by atoms with E-state index in [1.165, 1.54) is 3.40 Å². The predicted molar refractivity (Wildman–Crippen MR) is 60.1 cm³/mol. The Balaban J connectivity index is 0.00000112. The molecule has 1 heterocycles. The molecule has 0 aromatic carbocycles. The van der Waals surface area contributed by atoms with Crippen LogP contribution in [0.4, 0.5) is 0 Å². The molecule has 16 heavy (non-hydrogen) atoms. The standard InChI is InChI=1S/C7H9Si.C4H4N.2ClH.Zr/c1-8(2)7-5-3-4-6-7;1-2-4-5-3-1;;;/h3-5H,1-2H3;1-3,5H;2*1H;/q;;;;+2/p-2. The molecule has 0 spiro atoms. The van der Waals surface area contributed by atoms with E-state index in [9.17, 15) is 0 Å². The van der Waals surface area contributed by atoms with Crippen molar-refractivity contribution in [2.45, 2.75) is 13.1 Å². The molecule has 1 aromatic heterocycles. The first-order valence-electron chi connectivity index (χ1n) is 4.74. The Morgan fingerprint density at radius 1 is 1.25 bits per heavy atom. The van der Waals surface area contributed by atoms with Gasteiger partial charge in [-0.25, -0.2) is 0 Å². The Labute approximate surface area is 122 Å². The molecule has 84 valence electrons. The molecule has 0 saturated heterocycles. The molecule has 0 unspecified atom stereocenters. The number of rotatable bonds is 2. The summed E-state index contributed by atoms with van der Waals surface area (Å²) >= 11 is -0.542. The van der Waals surface area contributed by atoms with Gasteiger partial charge in [0.1, 0.15) is 0 Å². The Bertz CT molecular complexity index is 417. The van der Waals surface area contributed by atoms with Gasteiger partial charge in [-0.15, -0.1) is 0 Å². The fourth-order valence-electron chi connectivity index (χ4n) is 1.52. The second-order valence-corrected chi connectivity index (χ2v) is 9.36. The summed E-state index contributed by atoms with van der Waals surface area (Å²) in [5.74, 6) is 0. The SMILES string of the molecule is C[Si](C)=C1C=CC=[C]1[Zr+2][c]1ccc[nH]1.[Cl-].[Cl-]. The van der Waals surface area contributed by atoms with E-state index >= 15 is 0 Å². The molecule has 0 radical (unpaired) electrons. The van der Waals surface area contributed by atoms with Gasteiger partial charge in [-0.3, -0.25) is 0 Å². The number of halogens is 2. The topological polar surface area (TPSA) is 15.8 Å². The van der Waals surface area contributed by atoms with E-state index in [1.54, 1.807) is 8.45 Å². The third kappa shape index (κ3) is 3.96. The number of aromatic amines is 1. The minimum Gasteiger partial charge on any atom is -1.00 e. The molecule has 1 aliphatic rings. The van der Waals surface area contributed by atoms with Crippen LogP contribution in [-0.4, -0.2) is 18.6 Å². The Morgan fingerprint density at radius 3 is 2.56 bits per heavy atom. The van der Waals surface area contributed by atoms with Crippen LogP contribution in [0.25, 0.3) is 0 Å². The molecule has 1 aromatic rings. The molecule has 0 atom stereocenters. The van der Waals surface area contributed by atoms with Gasteiger partial charge in [0.15, 0.2) is 0 Å². The molecule has 0 saturated carbocycles. The summed E-state index contributed by atoms with van der Waals surface area (Å²) in [5, 5.41) is 1.65. The van der Waals surface area contributed by atoms with Gasteiger partial charge >= 0.3 is 98.1 Å². The summed E-state index contributed by atoms with van der Waals surface area (Å²) in [7, 11) is -0.273. The van der Waals surface area contributed by atoms with E-state index < -0.39 is 23.2 Å². The molecule has 1 N–H and O–H groups in total. The first kappa shape index (κ1) is 16.3. The van der Waals surface area contributed by atoms with Crippen LogP contribution in [0.5, 0.6) is 0 Å². The fraction of sp³-hybridized carbons (Fsp3) is 0.182. The number of allylic oxidation sites excluding steroid dienone is 4. The monoisotopic (exact) mass is 347 g/mol. The summed E-state index contributed by atoms with van der Waals surface area (Å²) < 4.78 is 3.14. The molecule has 1 nitrogen and oxygen atoms in total. The zero-order valence-electron chi connectivity index (χ0n) is 9.22. The van der Waals surface area contributed by atoms with Crippen molar-refractivity contribution in [3.05, 3.63) is 39.8 Å². The second-order valence-electron chi connectivity index (χ2n) is 3.56. The molecular weight excluding hydrogens is 336 g/mol. The third-order valence-electron chi connectivity index (χ3n) is 2.22. The van der Waals surface area contributed by atoms with E-state index in [-0.39, 0.29) is 33.2 Å². The van der Waals surface area contributed by atoms with Crippen molar-refractivity contribution in [1.29, 1.82) is 0 Å². The average molecular weight is 349 g/mol. The van der Waals surface area contributed by atoms with Crippen molar-refractivity contribution >= 4 is 17.0 Å². The van der Waals surface area contributed by atoms with E-state index in [2.05, 4.69) is 48.4 Å². The maximum atomic E-state index is 3.33. The van der Waals surface area contributed by atoms with Crippen molar-refractivity contribution in [1.82, 2.24) is 4.98 Å². The van der Waals surface area contributed by atoms with Gasteiger partial charge in [0, 0.05) is 0 Å². The zero-order chi connectivity index (χ0) is 9.97. The number of hydrogen-bond donors (Lipinski definition) is 1.